The number of benzene rings is 1. The van der Waals surface area contributed by atoms with E-state index < -0.39 is 17.5 Å². The molecule has 0 aliphatic heterocycles. The second-order valence-corrected chi connectivity index (χ2v) is 6.35. The molecule has 1 unspecified atom stereocenters. The quantitative estimate of drug-likeness (QED) is 0.792. The van der Waals surface area contributed by atoms with Crippen molar-refractivity contribution in [3.8, 4) is 0 Å². The van der Waals surface area contributed by atoms with Crippen molar-refractivity contribution >= 4 is 26.5 Å². The first-order valence-electron chi connectivity index (χ1n) is 6.83. The average Bonchev–Trinajstić information content (AvgIpc) is 2.83. The lowest BCUT2D eigenvalue weighted by atomic mass is 10.0. The Labute approximate surface area is 138 Å². The number of aryl methyl sites for hydroxylation is 1. The van der Waals surface area contributed by atoms with Crippen LogP contribution in [0.4, 0.5) is 13.2 Å². The molecule has 0 saturated carbocycles. The zero-order chi connectivity index (χ0) is 17.8. The van der Waals surface area contributed by atoms with Crippen LogP contribution in [0.15, 0.2) is 18.2 Å². The molecule has 0 amide bonds. The molecule has 0 aliphatic carbocycles. The Morgan fingerprint density at radius 2 is 2.00 bits per heavy atom. The fraction of sp³-hybridized carbons (Fsp3) is 0.333. The molecule has 0 aliphatic rings. The number of hydrogen-bond donors (Lipinski definition) is 1. The summed E-state index contributed by atoms with van der Waals surface area (Å²) >= 11 is 0.972. The van der Waals surface area contributed by atoms with Gasteiger partial charge in [-0.25, -0.2) is 14.2 Å². The Kier molecular flexibility index (Phi) is 6.71. The van der Waals surface area contributed by atoms with Crippen LogP contribution in [0.2, 0.25) is 0 Å². The van der Waals surface area contributed by atoms with Gasteiger partial charge in [0, 0.05) is 12.0 Å². The molecule has 1 aromatic carbocycles. The molecule has 3 nitrogen and oxygen atoms in total. The third-order valence-electron chi connectivity index (χ3n) is 2.79. The average molecular weight is 363 g/mol. The standard InChI is InChI=1S/C13H11F3NO2PS.C2H6/c1-6-17-10(11(21-6)12(18)19)5-7-4-8(13(15,16)20)2-3-9(7)14;1-2/h2-4H,5,20H2,1H3,(H,18,19);1-2H3. The Hall–Kier alpha value is -1.46. The molecule has 1 aromatic heterocycles. The van der Waals surface area contributed by atoms with E-state index in [4.69, 9.17) is 5.11 Å². The molecule has 126 valence electrons. The number of aromatic nitrogens is 1. The highest BCUT2D eigenvalue weighted by Crippen LogP contribution is 2.36. The van der Waals surface area contributed by atoms with Crippen LogP contribution in [0, 0.1) is 12.7 Å². The van der Waals surface area contributed by atoms with E-state index in [1.165, 1.54) is 9.24 Å². The fourth-order valence-electron chi connectivity index (χ4n) is 1.86. The zero-order valence-corrected chi connectivity index (χ0v) is 14.8. The van der Waals surface area contributed by atoms with Crippen LogP contribution in [-0.2, 0) is 12.1 Å². The van der Waals surface area contributed by atoms with E-state index in [0.717, 1.165) is 29.5 Å². The number of aromatic carboxylic acids is 1. The van der Waals surface area contributed by atoms with Crippen molar-refractivity contribution in [3.63, 3.8) is 0 Å². The number of halogens is 3. The van der Waals surface area contributed by atoms with Gasteiger partial charge in [0.2, 0.25) is 0 Å². The van der Waals surface area contributed by atoms with Gasteiger partial charge in [-0.2, -0.15) is 8.78 Å². The number of rotatable bonds is 4. The monoisotopic (exact) mass is 363 g/mol. The molecular formula is C15H17F3NO2PS. The first kappa shape index (κ1) is 19.6. The van der Waals surface area contributed by atoms with Gasteiger partial charge < -0.3 is 5.11 Å². The maximum Gasteiger partial charge on any atom is 0.347 e. The Balaban J connectivity index is 0.00000127. The van der Waals surface area contributed by atoms with Gasteiger partial charge in [0.15, 0.2) is 0 Å². The van der Waals surface area contributed by atoms with Gasteiger partial charge in [-0.1, -0.05) is 23.1 Å². The molecule has 0 saturated heterocycles. The van der Waals surface area contributed by atoms with Gasteiger partial charge in [0.05, 0.1) is 10.7 Å². The number of carbonyl (C=O) groups is 1. The number of nitrogens with zero attached hydrogens (tertiary/aromatic N) is 1. The van der Waals surface area contributed by atoms with Crippen LogP contribution in [-0.4, -0.2) is 16.1 Å². The zero-order valence-electron chi connectivity index (χ0n) is 12.9. The SMILES string of the molecule is CC.Cc1nc(Cc2cc(C(F)(F)P)ccc2F)c(C(=O)O)s1. The van der Waals surface area contributed by atoms with Gasteiger partial charge in [-0.3, -0.25) is 0 Å². The molecule has 0 spiro atoms. The van der Waals surface area contributed by atoms with Crippen molar-refractivity contribution in [1.29, 1.82) is 0 Å². The van der Waals surface area contributed by atoms with E-state index in [2.05, 4.69) is 4.98 Å². The molecule has 0 bridgehead atoms. The lowest BCUT2D eigenvalue weighted by molar-refractivity contribution is 0.0700. The highest BCUT2D eigenvalue weighted by atomic mass is 32.1. The fourth-order valence-corrected chi connectivity index (χ4v) is 2.81. The third kappa shape index (κ3) is 5.01. The molecule has 2 aromatic rings. The highest BCUT2D eigenvalue weighted by molar-refractivity contribution is 7.17. The summed E-state index contributed by atoms with van der Waals surface area (Å²) in [6.45, 7) is 5.63. The van der Waals surface area contributed by atoms with E-state index in [1.54, 1.807) is 6.92 Å². The number of carboxylic acids is 1. The lowest BCUT2D eigenvalue weighted by Gasteiger charge is -2.12. The predicted octanol–water partition coefficient (Wildman–Crippen LogP) is 4.83. The largest absolute Gasteiger partial charge is 0.477 e. The van der Waals surface area contributed by atoms with Crippen molar-refractivity contribution in [2.45, 2.75) is 32.9 Å². The minimum absolute atomic E-state index is 0.00469. The van der Waals surface area contributed by atoms with Gasteiger partial charge >= 0.3 is 5.97 Å². The number of hydrogen-bond acceptors (Lipinski definition) is 3. The van der Waals surface area contributed by atoms with Crippen LogP contribution < -0.4 is 0 Å². The van der Waals surface area contributed by atoms with E-state index in [-0.39, 0.29) is 28.1 Å². The maximum absolute atomic E-state index is 13.8. The molecule has 1 N–H and O–H groups in total. The summed E-state index contributed by atoms with van der Waals surface area (Å²) in [7, 11) is 1.38. The van der Waals surface area contributed by atoms with Crippen molar-refractivity contribution in [2.24, 2.45) is 0 Å². The summed E-state index contributed by atoms with van der Waals surface area (Å²) in [4.78, 5) is 15.1. The minimum atomic E-state index is -3.17. The molecule has 0 radical (unpaired) electrons. The van der Waals surface area contributed by atoms with Crippen molar-refractivity contribution in [2.75, 3.05) is 0 Å². The lowest BCUT2D eigenvalue weighted by Crippen LogP contribution is -2.06. The van der Waals surface area contributed by atoms with Gasteiger partial charge in [-0.05, 0) is 30.7 Å². The molecule has 1 heterocycles. The van der Waals surface area contributed by atoms with Crippen LogP contribution >= 0.6 is 20.6 Å². The van der Waals surface area contributed by atoms with Crippen LogP contribution in [0.5, 0.6) is 0 Å². The van der Waals surface area contributed by atoms with Crippen molar-refractivity contribution in [3.05, 3.63) is 50.7 Å². The summed E-state index contributed by atoms with van der Waals surface area (Å²) in [5.41, 5.74) is -3.36. The molecule has 0 fully saturated rings. The molecular weight excluding hydrogens is 346 g/mol. The summed E-state index contributed by atoms with van der Waals surface area (Å²) in [5, 5.41) is 9.59. The number of thiazole rings is 1. The van der Waals surface area contributed by atoms with Gasteiger partial charge in [-0.15, -0.1) is 11.3 Å². The van der Waals surface area contributed by atoms with E-state index in [9.17, 15) is 18.0 Å². The summed E-state index contributed by atoms with van der Waals surface area (Å²) in [6.07, 6.45) is -0.146. The Bertz CT molecular complexity index is 699. The molecule has 1 atom stereocenters. The second-order valence-electron chi connectivity index (χ2n) is 4.42. The van der Waals surface area contributed by atoms with Crippen LogP contribution in [0.3, 0.4) is 0 Å². The summed E-state index contributed by atoms with van der Waals surface area (Å²) in [5.74, 6) is -1.83. The van der Waals surface area contributed by atoms with E-state index in [1.807, 2.05) is 13.8 Å². The third-order valence-corrected chi connectivity index (χ3v) is 4.12. The van der Waals surface area contributed by atoms with Crippen molar-refractivity contribution < 1.29 is 23.1 Å². The topological polar surface area (TPSA) is 50.2 Å². The van der Waals surface area contributed by atoms with E-state index >= 15 is 0 Å². The predicted molar refractivity (Wildman–Crippen MR) is 88.0 cm³/mol. The normalized spacial score (nSPS) is 10.9. The summed E-state index contributed by atoms with van der Waals surface area (Å²) < 4.78 is 40.3. The van der Waals surface area contributed by atoms with Crippen molar-refractivity contribution in [1.82, 2.24) is 4.98 Å². The highest BCUT2D eigenvalue weighted by Gasteiger charge is 2.26. The Morgan fingerprint density at radius 3 is 2.52 bits per heavy atom. The van der Waals surface area contributed by atoms with Gasteiger partial charge in [0.1, 0.15) is 10.7 Å². The molecule has 8 heteroatoms. The van der Waals surface area contributed by atoms with Crippen LogP contribution in [0.1, 0.15) is 45.3 Å². The number of alkyl halides is 2. The number of carboxylic acid groups (broad SMARTS) is 1. The first-order valence-corrected chi connectivity index (χ1v) is 8.23. The smallest absolute Gasteiger partial charge is 0.347 e. The van der Waals surface area contributed by atoms with Crippen LogP contribution in [0.25, 0.3) is 0 Å². The van der Waals surface area contributed by atoms with Gasteiger partial charge in [0.25, 0.3) is 5.66 Å². The summed E-state index contributed by atoms with van der Waals surface area (Å²) in [6, 6.07) is 2.97. The Morgan fingerprint density at radius 1 is 1.39 bits per heavy atom. The second kappa shape index (κ2) is 7.88. The first-order chi connectivity index (χ1) is 10.7. The van der Waals surface area contributed by atoms with E-state index in [0.29, 0.717) is 5.01 Å². The minimum Gasteiger partial charge on any atom is -0.477 e. The molecule has 23 heavy (non-hydrogen) atoms. The molecule has 2 rings (SSSR count). The maximum atomic E-state index is 13.8.